The molecule has 2 heterocycles. The van der Waals surface area contributed by atoms with E-state index in [1.165, 1.54) is 184 Å². The van der Waals surface area contributed by atoms with E-state index < -0.39 is 0 Å². The zero-order chi connectivity index (χ0) is 50.0. The van der Waals surface area contributed by atoms with Crippen LogP contribution in [0.2, 0.25) is 0 Å². The van der Waals surface area contributed by atoms with Crippen molar-refractivity contribution in [3.8, 4) is 44.8 Å². The zero-order valence-electron chi connectivity index (χ0n) is 42.6. The van der Waals surface area contributed by atoms with E-state index in [9.17, 15) is 0 Å². The first-order valence-corrected chi connectivity index (χ1v) is 27.7. The van der Waals surface area contributed by atoms with Gasteiger partial charge in [0.25, 0.3) is 0 Å². The number of hydrogen-bond acceptors (Lipinski definition) is 0. The van der Waals surface area contributed by atoms with Gasteiger partial charge in [-0.05, 0) is 176 Å². The van der Waals surface area contributed by atoms with Gasteiger partial charge in [-0.25, -0.2) is 0 Å². The second kappa shape index (κ2) is 16.9. The molecule has 4 aliphatic carbocycles. The molecule has 10 aromatic carbocycles. The molecule has 0 atom stereocenters. The standard InChI is InChI=1S/C74H56N2/c1-3-15-55(16-4-1)75-69-21-9-7-19-61(69)63-43-49(29-37-71(63)75)23-25-51-27-33-57-59-35-31-53(47-67(59)73(65(57)45-51)39-11-12-40-73)54-32-36-60-58-34-28-52(46-66(58)74(68(60)48-54)41-13-14-42-74)26-24-50-30-38-72-64(44-50)62-20-8-10-22-70(62)76(72)56-17-5-2-6-18-56/h1-10,15-38,43-48H,11-14,39-42H2. The Morgan fingerprint density at radius 3 is 1.03 bits per heavy atom. The molecular weight excluding hydrogens is 917 g/mol. The third-order valence-electron chi connectivity index (χ3n) is 18.4. The van der Waals surface area contributed by atoms with Gasteiger partial charge in [-0.1, -0.05) is 196 Å². The molecule has 0 bridgehead atoms. The summed E-state index contributed by atoms with van der Waals surface area (Å²) in [7, 11) is 0. The van der Waals surface area contributed by atoms with Crippen molar-refractivity contribution in [1.29, 1.82) is 0 Å². The van der Waals surface area contributed by atoms with Gasteiger partial charge in [-0.2, -0.15) is 0 Å². The van der Waals surface area contributed by atoms with Gasteiger partial charge in [0.2, 0.25) is 0 Å². The molecule has 2 spiro atoms. The Balaban J connectivity index is 0.701. The van der Waals surface area contributed by atoms with Gasteiger partial charge in [-0.3, -0.25) is 0 Å². The van der Waals surface area contributed by atoms with Gasteiger partial charge in [0.15, 0.2) is 0 Å². The summed E-state index contributed by atoms with van der Waals surface area (Å²) in [5, 5.41) is 5.13. The maximum atomic E-state index is 2.60. The maximum absolute atomic E-state index is 2.60. The lowest BCUT2D eigenvalue weighted by molar-refractivity contribution is 0.549. The Labute approximate surface area is 444 Å². The Hall–Kier alpha value is -8.72. The smallest absolute Gasteiger partial charge is 0.0541 e. The lowest BCUT2D eigenvalue weighted by Gasteiger charge is -2.28. The van der Waals surface area contributed by atoms with Crippen molar-refractivity contribution in [2.24, 2.45) is 0 Å². The molecule has 2 nitrogen and oxygen atoms in total. The Bertz CT molecular complexity index is 4110. The minimum atomic E-state index is 0.0546. The number of fused-ring (bicyclic) bond motifs is 16. The molecule has 2 fully saturated rings. The molecule has 0 N–H and O–H groups in total. The maximum Gasteiger partial charge on any atom is 0.0541 e. The summed E-state index contributed by atoms with van der Waals surface area (Å²) in [5.41, 5.74) is 26.9. The van der Waals surface area contributed by atoms with E-state index in [1.807, 2.05) is 0 Å². The summed E-state index contributed by atoms with van der Waals surface area (Å²) in [6.07, 6.45) is 19.2. The van der Waals surface area contributed by atoms with Crippen molar-refractivity contribution in [2.75, 3.05) is 0 Å². The van der Waals surface area contributed by atoms with Gasteiger partial charge in [0, 0.05) is 43.7 Å². The monoisotopic (exact) mass is 972 g/mol. The number of para-hydroxylation sites is 4. The number of nitrogens with zero attached hydrogens (tertiary/aromatic N) is 2. The lowest BCUT2D eigenvalue weighted by atomic mass is 9.75. The molecule has 0 radical (unpaired) electrons. The van der Waals surface area contributed by atoms with Gasteiger partial charge in [0.05, 0.1) is 22.1 Å². The number of aromatic nitrogens is 2. The van der Waals surface area contributed by atoms with Crippen LogP contribution in [0.4, 0.5) is 0 Å². The summed E-state index contributed by atoms with van der Waals surface area (Å²) in [6.45, 7) is 0. The predicted molar refractivity (Wildman–Crippen MR) is 321 cm³/mol. The SMILES string of the molecule is C(=Cc1ccc2c(c1)c1ccccc1n2-c1ccccc1)c1ccc2c(c1)C1(CCCC1)c1cc(-c3ccc4c(c3)C3(CCCC3)c3cc(C=Cc5ccc6c(c5)c5ccccc5n6-c5ccccc5)ccc3-4)ccc1-2. The first-order chi connectivity index (χ1) is 37.6. The molecule has 362 valence electrons. The van der Waals surface area contributed by atoms with Crippen molar-refractivity contribution in [1.82, 2.24) is 9.13 Å². The first-order valence-electron chi connectivity index (χ1n) is 27.7. The highest BCUT2D eigenvalue weighted by molar-refractivity contribution is 6.11. The number of rotatable bonds is 7. The summed E-state index contributed by atoms with van der Waals surface area (Å²) < 4.78 is 4.78. The van der Waals surface area contributed by atoms with E-state index in [0.717, 1.165) is 0 Å². The van der Waals surface area contributed by atoms with E-state index in [-0.39, 0.29) is 10.8 Å². The fourth-order valence-electron chi connectivity index (χ4n) is 14.9. The molecule has 12 aromatic rings. The van der Waals surface area contributed by atoms with Crippen molar-refractivity contribution in [3.05, 3.63) is 263 Å². The Morgan fingerprint density at radius 2 is 0.605 bits per heavy atom. The molecule has 0 unspecified atom stereocenters. The fraction of sp³-hybridized carbons (Fsp3) is 0.135. The highest BCUT2D eigenvalue weighted by atomic mass is 15.0. The molecular formula is C74H56N2. The van der Waals surface area contributed by atoms with Gasteiger partial charge in [0.1, 0.15) is 0 Å². The summed E-state index contributed by atoms with van der Waals surface area (Å²) in [6, 6.07) is 82.5. The van der Waals surface area contributed by atoms with Gasteiger partial charge < -0.3 is 9.13 Å². The van der Waals surface area contributed by atoms with Gasteiger partial charge in [-0.15, -0.1) is 0 Å². The van der Waals surface area contributed by atoms with E-state index in [1.54, 1.807) is 0 Å². The molecule has 0 aliphatic heterocycles. The average molecular weight is 973 g/mol. The number of hydrogen-bond donors (Lipinski definition) is 0. The normalized spacial score (nSPS) is 15.8. The summed E-state index contributed by atoms with van der Waals surface area (Å²) >= 11 is 0. The van der Waals surface area contributed by atoms with Crippen molar-refractivity contribution in [2.45, 2.75) is 62.2 Å². The van der Waals surface area contributed by atoms with Crippen LogP contribution in [-0.2, 0) is 10.8 Å². The molecule has 16 rings (SSSR count). The summed E-state index contributed by atoms with van der Waals surface area (Å²) in [4.78, 5) is 0. The second-order valence-corrected chi connectivity index (χ2v) is 22.3. The minimum Gasteiger partial charge on any atom is -0.309 e. The largest absolute Gasteiger partial charge is 0.309 e. The van der Waals surface area contributed by atoms with Crippen molar-refractivity contribution >= 4 is 67.9 Å². The third kappa shape index (κ3) is 6.53. The van der Waals surface area contributed by atoms with Crippen LogP contribution < -0.4 is 0 Å². The quantitative estimate of drug-likeness (QED) is 0.141. The second-order valence-electron chi connectivity index (χ2n) is 22.3. The fourth-order valence-corrected chi connectivity index (χ4v) is 14.9. The highest BCUT2D eigenvalue weighted by Crippen LogP contribution is 2.60. The number of benzene rings is 10. The molecule has 2 heteroatoms. The topological polar surface area (TPSA) is 9.86 Å². The van der Waals surface area contributed by atoms with Crippen LogP contribution in [-0.4, -0.2) is 9.13 Å². The predicted octanol–water partition coefficient (Wildman–Crippen LogP) is 19.6. The van der Waals surface area contributed by atoms with Crippen LogP contribution in [0.5, 0.6) is 0 Å². The molecule has 2 saturated carbocycles. The lowest BCUT2D eigenvalue weighted by Crippen LogP contribution is -2.21. The van der Waals surface area contributed by atoms with Crippen LogP contribution in [0.25, 0.3) is 113 Å². The van der Waals surface area contributed by atoms with Crippen molar-refractivity contribution in [3.63, 3.8) is 0 Å². The van der Waals surface area contributed by atoms with E-state index in [2.05, 4.69) is 252 Å². The van der Waals surface area contributed by atoms with E-state index >= 15 is 0 Å². The first kappa shape index (κ1) is 43.7. The minimum absolute atomic E-state index is 0.0546. The van der Waals surface area contributed by atoms with Crippen LogP contribution in [0.3, 0.4) is 0 Å². The van der Waals surface area contributed by atoms with Crippen LogP contribution in [0, 0.1) is 0 Å². The van der Waals surface area contributed by atoms with E-state index in [4.69, 9.17) is 0 Å². The van der Waals surface area contributed by atoms with Crippen molar-refractivity contribution < 1.29 is 0 Å². The molecule has 4 aliphatic rings. The van der Waals surface area contributed by atoms with Crippen LogP contribution in [0.15, 0.2) is 218 Å². The van der Waals surface area contributed by atoms with Crippen LogP contribution >= 0.6 is 0 Å². The summed E-state index contributed by atoms with van der Waals surface area (Å²) in [5.74, 6) is 0. The molecule has 0 saturated heterocycles. The Kier molecular flexibility index (Phi) is 9.71. The third-order valence-corrected chi connectivity index (χ3v) is 18.4. The Morgan fingerprint density at radius 1 is 0.276 bits per heavy atom. The van der Waals surface area contributed by atoms with E-state index in [0.29, 0.717) is 0 Å². The zero-order valence-corrected chi connectivity index (χ0v) is 42.6. The van der Waals surface area contributed by atoms with Gasteiger partial charge >= 0.3 is 0 Å². The molecule has 76 heavy (non-hydrogen) atoms. The molecule has 0 amide bonds. The molecule has 2 aromatic heterocycles. The highest BCUT2D eigenvalue weighted by Gasteiger charge is 2.47. The average Bonchev–Trinajstić information content (AvgIpc) is 4.48. The van der Waals surface area contributed by atoms with Crippen LogP contribution in [0.1, 0.15) is 95.9 Å².